The SMILES string of the molecule is [2H]c1c(N)c(S(=O)(=O)CC)c([2H])c(C(=O)NC([2H])([2H])C2CCCN2C([2H])([2H])C([2H])([2H])[2H])c1OC. The smallest absolute Gasteiger partial charge is 0.255 e. The number of nitrogens with one attached hydrogen (secondary N) is 1. The molecule has 1 unspecified atom stereocenters. The number of nitrogen functional groups attached to an aromatic ring is 1. The third kappa shape index (κ3) is 4.24. The van der Waals surface area contributed by atoms with Crippen molar-refractivity contribution in [2.75, 3.05) is 38.1 Å². The average molecular weight is 379 g/mol. The molecule has 2 rings (SSSR count). The molecule has 1 aliphatic rings. The van der Waals surface area contributed by atoms with Crippen LogP contribution in [0.5, 0.6) is 5.75 Å². The van der Waals surface area contributed by atoms with Crippen LogP contribution in [0.1, 0.15) is 49.3 Å². The largest absolute Gasteiger partial charge is 0.496 e. The van der Waals surface area contributed by atoms with Crippen molar-refractivity contribution in [1.29, 1.82) is 0 Å². The van der Waals surface area contributed by atoms with Crippen molar-refractivity contribution in [3.05, 3.63) is 17.6 Å². The minimum absolute atomic E-state index is 0.0225. The highest BCUT2D eigenvalue weighted by molar-refractivity contribution is 7.91. The van der Waals surface area contributed by atoms with Gasteiger partial charge in [0.2, 0.25) is 0 Å². The predicted octanol–water partition coefficient (Wildman–Crippen LogP) is 1.29. The molecule has 25 heavy (non-hydrogen) atoms. The Kier molecular flexibility index (Phi) is 3.34. The molecule has 1 heterocycles. The first-order valence-electron chi connectivity index (χ1n) is 12.1. The number of nitrogens with zero attached hydrogens (tertiary/aromatic N) is 1. The molecule has 1 fully saturated rings. The van der Waals surface area contributed by atoms with Gasteiger partial charge in [0.25, 0.3) is 5.91 Å². The zero-order chi connectivity index (χ0) is 26.4. The summed E-state index contributed by atoms with van der Waals surface area (Å²) in [4.78, 5) is 13.2. The Balaban J connectivity index is 2.57. The molecule has 0 saturated carbocycles. The molecular formula is C17H27N3O4S. The fourth-order valence-electron chi connectivity index (χ4n) is 2.44. The Hall–Kier alpha value is -1.80. The van der Waals surface area contributed by atoms with Gasteiger partial charge >= 0.3 is 0 Å². The van der Waals surface area contributed by atoms with Gasteiger partial charge in [0.15, 0.2) is 9.84 Å². The lowest BCUT2D eigenvalue weighted by molar-refractivity contribution is 0.0938. The Bertz CT molecular complexity index is 1080. The average Bonchev–Trinajstić information content (AvgIpc) is 3.20. The van der Waals surface area contributed by atoms with E-state index in [2.05, 4.69) is 0 Å². The number of ether oxygens (including phenoxy) is 1. The number of sulfone groups is 1. The van der Waals surface area contributed by atoms with Crippen molar-refractivity contribution in [1.82, 2.24) is 10.2 Å². The molecule has 1 amide bonds. The van der Waals surface area contributed by atoms with Gasteiger partial charge in [-0.05, 0) is 31.9 Å². The van der Waals surface area contributed by atoms with Gasteiger partial charge in [0.1, 0.15) is 5.75 Å². The second kappa shape index (κ2) is 8.05. The van der Waals surface area contributed by atoms with Crippen LogP contribution in [0, 0.1) is 0 Å². The number of carbonyl (C=O) groups is 1. The molecule has 7 nitrogen and oxygen atoms in total. The summed E-state index contributed by atoms with van der Waals surface area (Å²) in [7, 11) is -3.08. The maximum Gasteiger partial charge on any atom is 0.255 e. The monoisotopic (exact) mass is 378 g/mol. The van der Waals surface area contributed by atoms with Crippen LogP contribution in [-0.4, -0.2) is 57.7 Å². The summed E-state index contributed by atoms with van der Waals surface area (Å²) in [6.07, 6.45) is 0.287. The molecule has 1 saturated heterocycles. The normalized spacial score (nSPS) is 25.2. The van der Waals surface area contributed by atoms with E-state index in [1.807, 2.05) is 5.32 Å². The molecule has 0 bridgehead atoms. The molecule has 140 valence electrons. The lowest BCUT2D eigenvalue weighted by Crippen LogP contribution is -2.40. The van der Waals surface area contributed by atoms with Gasteiger partial charge in [-0.1, -0.05) is 13.8 Å². The van der Waals surface area contributed by atoms with Crippen molar-refractivity contribution in [3.63, 3.8) is 0 Å². The van der Waals surface area contributed by atoms with Crippen LogP contribution in [0.3, 0.4) is 0 Å². The lowest BCUT2D eigenvalue weighted by atomic mass is 10.1. The number of amides is 1. The van der Waals surface area contributed by atoms with Gasteiger partial charge in [-0.15, -0.1) is 0 Å². The van der Waals surface area contributed by atoms with E-state index in [4.69, 9.17) is 22.8 Å². The molecular weight excluding hydrogens is 342 g/mol. The number of hydrogen-bond acceptors (Lipinski definition) is 6. The first-order valence-corrected chi connectivity index (χ1v) is 9.29. The Morgan fingerprint density at radius 2 is 2.36 bits per heavy atom. The maximum absolute atomic E-state index is 13.1. The number of carbonyl (C=O) groups excluding carboxylic acids is 1. The Morgan fingerprint density at radius 1 is 1.60 bits per heavy atom. The maximum atomic E-state index is 13.1. The molecule has 8 heteroatoms. The highest BCUT2D eigenvalue weighted by Gasteiger charge is 2.25. The highest BCUT2D eigenvalue weighted by Crippen LogP contribution is 2.29. The van der Waals surface area contributed by atoms with Crippen LogP contribution < -0.4 is 15.8 Å². The van der Waals surface area contributed by atoms with E-state index in [0.717, 1.165) is 12.0 Å². The second-order valence-corrected chi connectivity index (χ2v) is 7.58. The van der Waals surface area contributed by atoms with Crippen molar-refractivity contribution in [2.45, 2.75) is 37.6 Å². The first kappa shape index (κ1) is 10.4. The fraction of sp³-hybridized carbons (Fsp3) is 0.588. The number of methoxy groups -OCH3 is 1. The minimum Gasteiger partial charge on any atom is -0.496 e. The third-order valence-corrected chi connectivity index (χ3v) is 5.53. The number of anilines is 1. The van der Waals surface area contributed by atoms with Crippen LogP contribution >= 0.6 is 0 Å². The topological polar surface area (TPSA) is 102 Å². The summed E-state index contributed by atoms with van der Waals surface area (Å²) in [6.45, 7) is -7.46. The lowest BCUT2D eigenvalue weighted by Gasteiger charge is -2.23. The zero-order valence-electron chi connectivity index (χ0n) is 23.0. The van der Waals surface area contributed by atoms with Gasteiger partial charge in [-0.25, -0.2) is 8.42 Å². The zero-order valence-corrected chi connectivity index (χ0v) is 14.8. The first-order chi connectivity index (χ1) is 15.3. The molecule has 0 aromatic heterocycles. The number of likely N-dealkylation sites (N-methyl/N-ethyl adjacent to an activating group) is 1. The van der Waals surface area contributed by atoms with E-state index in [1.165, 1.54) is 6.92 Å². The number of benzene rings is 1. The summed E-state index contributed by atoms with van der Waals surface area (Å²) in [5.74, 6) is -2.31. The third-order valence-electron chi connectivity index (χ3n) is 3.83. The van der Waals surface area contributed by atoms with Crippen LogP contribution in [0.2, 0.25) is 0 Å². The molecule has 1 atom stereocenters. The van der Waals surface area contributed by atoms with E-state index in [0.29, 0.717) is 0 Å². The Labute approximate surface area is 162 Å². The number of hydrogen-bond donors (Lipinski definition) is 2. The fourth-order valence-corrected chi connectivity index (χ4v) is 3.38. The van der Waals surface area contributed by atoms with Crippen molar-refractivity contribution < 1.29 is 30.3 Å². The van der Waals surface area contributed by atoms with Gasteiger partial charge in [-0.2, -0.15) is 0 Å². The standard InChI is InChI=1S/C17H27N3O4S/c1-4-20-8-6-7-12(20)11-19-17(21)13-9-16(25(22,23)5-2)14(18)10-15(13)24-3/h9-10,12H,4-8,11,18H2,1-3H3,(H,19,21)/i1D3,4D2,9D,10D,11D2. The molecule has 0 aliphatic carbocycles. The minimum atomic E-state index is -4.15. The summed E-state index contributed by atoms with van der Waals surface area (Å²) >= 11 is 0. The van der Waals surface area contributed by atoms with Crippen LogP contribution in [0.25, 0.3) is 0 Å². The summed E-state index contributed by atoms with van der Waals surface area (Å²) in [5, 5.41) is 2.01. The molecule has 1 aliphatic heterocycles. The van der Waals surface area contributed by atoms with Gasteiger partial charge in [0.05, 0.1) is 34.5 Å². The second-order valence-electron chi connectivity index (χ2n) is 5.37. The number of nitrogens with two attached hydrogens (primary N) is 1. The molecule has 3 N–H and O–H groups in total. The summed E-state index contributed by atoms with van der Waals surface area (Å²) in [6, 6.07) is -2.92. The summed E-state index contributed by atoms with van der Waals surface area (Å²) in [5.41, 5.74) is 4.43. The van der Waals surface area contributed by atoms with Crippen molar-refractivity contribution in [2.24, 2.45) is 0 Å². The molecule has 1 aromatic rings. The van der Waals surface area contributed by atoms with E-state index in [1.54, 1.807) is 0 Å². The van der Waals surface area contributed by atoms with Crippen molar-refractivity contribution in [3.8, 4) is 5.75 Å². The van der Waals surface area contributed by atoms with Crippen LogP contribution in [0.4, 0.5) is 5.69 Å². The predicted molar refractivity (Wildman–Crippen MR) is 97.7 cm³/mol. The Morgan fingerprint density at radius 3 is 3.00 bits per heavy atom. The highest BCUT2D eigenvalue weighted by atomic mass is 32.2. The van der Waals surface area contributed by atoms with E-state index >= 15 is 0 Å². The molecule has 0 radical (unpaired) electrons. The van der Waals surface area contributed by atoms with Gasteiger partial charge in [-0.3, -0.25) is 9.69 Å². The van der Waals surface area contributed by atoms with E-state index in [-0.39, 0.29) is 19.4 Å². The van der Waals surface area contributed by atoms with Crippen LogP contribution in [0.15, 0.2) is 17.0 Å². The van der Waals surface area contributed by atoms with Crippen molar-refractivity contribution >= 4 is 21.4 Å². The van der Waals surface area contributed by atoms with E-state index < -0.39 is 81.4 Å². The van der Waals surface area contributed by atoms with Gasteiger partial charge < -0.3 is 15.8 Å². The number of likely N-dealkylation sites (tertiary alicyclic amines) is 1. The quantitative estimate of drug-likeness (QED) is 0.693. The summed E-state index contributed by atoms with van der Waals surface area (Å²) < 4.78 is 102. The van der Waals surface area contributed by atoms with E-state index in [9.17, 15) is 13.2 Å². The van der Waals surface area contributed by atoms with Gasteiger partial charge in [0, 0.05) is 25.4 Å². The molecule has 0 spiro atoms. The van der Waals surface area contributed by atoms with Crippen LogP contribution in [-0.2, 0) is 9.84 Å². The number of rotatable bonds is 7. The molecule has 1 aromatic carbocycles.